The van der Waals surface area contributed by atoms with Crippen LogP contribution in [0.5, 0.6) is 0 Å². The molecule has 0 bridgehead atoms. The van der Waals surface area contributed by atoms with E-state index in [-0.39, 0.29) is 5.82 Å². The van der Waals surface area contributed by atoms with E-state index in [1.54, 1.807) is 23.1 Å². The lowest BCUT2D eigenvalue weighted by molar-refractivity contribution is 0.629. The summed E-state index contributed by atoms with van der Waals surface area (Å²) < 4.78 is 17.0. The number of imidazole rings is 1. The lowest BCUT2D eigenvalue weighted by Gasteiger charge is -2.03. The molecule has 0 aliphatic carbocycles. The first-order valence-electron chi connectivity index (χ1n) is 7.83. The number of halogens is 1. The summed E-state index contributed by atoms with van der Waals surface area (Å²) in [6, 6.07) is 8.45. The Morgan fingerprint density at radius 1 is 1.24 bits per heavy atom. The van der Waals surface area contributed by atoms with Crippen molar-refractivity contribution in [1.29, 1.82) is 0 Å². The maximum atomic E-state index is 13.3. The van der Waals surface area contributed by atoms with Crippen LogP contribution in [-0.2, 0) is 20.1 Å². The highest BCUT2D eigenvalue weighted by molar-refractivity contribution is 5.78. The maximum Gasteiger partial charge on any atom is 0.203 e. The molecule has 8 heteroatoms. The molecule has 25 heavy (non-hydrogen) atoms. The molecule has 0 saturated carbocycles. The SMILES string of the molecule is Cn1c(NCc2cn(Cc3cccnc3)nn2)nc2cc(F)ccc21. The number of pyridine rings is 1. The fourth-order valence-electron chi connectivity index (χ4n) is 2.68. The van der Waals surface area contributed by atoms with Crippen LogP contribution in [0.2, 0.25) is 0 Å². The topological polar surface area (TPSA) is 73.5 Å². The van der Waals surface area contributed by atoms with Gasteiger partial charge in [0.15, 0.2) is 0 Å². The molecule has 7 nitrogen and oxygen atoms in total. The summed E-state index contributed by atoms with van der Waals surface area (Å²) in [5.74, 6) is 0.359. The summed E-state index contributed by atoms with van der Waals surface area (Å²) in [6.45, 7) is 1.10. The molecule has 0 spiro atoms. The molecule has 0 amide bonds. The standard InChI is InChI=1S/C17H16FN7/c1-24-16-5-4-13(18)7-15(16)21-17(24)20-9-14-11-25(23-22-14)10-12-3-2-6-19-8-12/h2-8,11H,9-10H2,1H3,(H,20,21). The minimum absolute atomic E-state index is 0.296. The second-order valence-electron chi connectivity index (χ2n) is 5.75. The van der Waals surface area contributed by atoms with Crippen LogP contribution in [-0.4, -0.2) is 29.5 Å². The van der Waals surface area contributed by atoms with E-state index in [2.05, 4.69) is 25.6 Å². The number of hydrogen-bond donors (Lipinski definition) is 1. The smallest absolute Gasteiger partial charge is 0.203 e. The number of rotatable bonds is 5. The van der Waals surface area contributed by atoms with E-state index in [1.807, 2.05) is 29.9 Å². The van der Waals surface area contributed by atoms with Gasteiger partial charge in [-0.25, -0.2) is 14.1 Å². The number of hydrogen-bond acceptors (Lipinski definition) is 5. The molecule has 0 unspecified atom stereocenters. The number of aromatic nitrogens is 6. The molecule has 0 aliphatic rings. The first-order valence-corrected chi connectivity index (χ1v) is 7.83. The van der Waals surface area contributed by atoms with Crippen molar-refractivity contribution in [1.82, 2.24) is 29.5 Å². The number of nitrogens with one attached hydrogen (secondary N) is 1. The molecule has 4 aromatic rings. The molecular formula is C17H16FN7. The minimum atomic E-state index is -0.296. The number of fused-ring (bicyclic) bond motifs is 1. The van der Waals surface area contributed by atoms with Gasteiger partial charge in [0.05, 0.1) is 30.3 Å². The highest BCUT2D eigenvalue weighted by atomic mass is 19.1. The fraction of sp³-hybridized carbons (Fsp3) is 0.176. The molecule has 0 fully saturated rings. The third-order valence-corrected chi connectivity index (χ3v) is 3.92. The van der Waals surface area contributed by atoms with E-state index >= 15 is 0 Å². The third kappa shape index (κ3) is 3.18. The Morgan fingerprint density at radius 2 is 2.16 bits per heavy atom. The van der Waals surface area contributed by atoms with Crippen LogP contribution in [0.3, 0.4) is 0 Å². The molecule has 4 rings (SSSR count). The summed E-state index contributed by atoms with van der Waals surface area (Å²) in [7, 11) is 1.88. The van der Waals surface area contributed by atoms with E-state index in [1.165, 1.54) is 12.1 Å². The van der Waals surface area contributed by atoms with E-state index in [0.29, 0.717) is 24.6 Å². The number of aryl methyl sites for hydroxylation is 1. The van der Waals surface area contributed by atoms with Gasteiger partial charge in [0, 0.05) is 25.5 Å². The lowest BCUT2D eigenvalue weighted by atomic mass is 10.3. The van der Waals surface area contributed by atoms with Crippen molar-refractivity contribution in [2.24, 2.45) is 7.05 Å². The monoisotopic (exact) mass is 337 g/mol. The highest BCUT2D eigenvalue weighted by Gasteiger charge is 2.09. The number of benzene rings is 1. The second-order valence-corrected chi connectivity index (χ2v) is 5.75. The summed E-state index contributed by atoms with van der Waals surface area (Å²) in [6.07, 6.45) is 5.42. The second kappa shape index (κ2) is 6.31. The summed E-state index contributed by atoms with van der Waals surface area (Å²) in [5.41, 5.74) is 3.33. The zero-order chi connectivity index (χ0) is 17.2. The van der Waals surface area contributed by atoms with Gasteiger partial charge in [-0.2, -0.15) is 0 Å². The third-order valence-electron chi connectivity index (χ3n) is 3.92. The Hall–Kier alpha value is -3.29. The Kier molecular flexibility index (Phi) is 3.85. The number of nitrogens with zero attached hydrogens (tertiary/aromatic N) is 6. The molecule has 0 atom stereocenters. The maximum absolute atomic E-state index is 13.3. The molecular weight excluding hydrogens is 321 g/mol. The van der Waals surface area contributed by atoms with Gasteiger partial charge < -0.3 is 9.88 Å². The van der Waals surface area contributed by atoms with Crippen LogP contribution in [0.15, 0.2) is 48.9 Å². The van der Waals surface area contributed by atoms with Gasteiger partial charge in [-0.15, -0.1) is 5.10 Å². The van der Waals surface area contributed by atoms with E-state index in [0.717, 1.165) is 16.8 Å². The zero-order valence-corrected chi connectivity index (χ0v) is 13.6. The van der Waals surface area contributed by atoms with Gasteiger partial charge in [-0.3, -0.25) is 4.98 Å². The van der Waals surface area contributed by atoms with Crippen molar-refractivity contribution in [2.75, 3.05) is 5.32 Å². The van der Waals surface area contributed by atoms with Crippen LogP contribution in [0.25, 0.3) is 11.0 Å². The van der Waals surface area contributed by atoms with Crippen molar-refractivity contribution in [3.8, 4) is 0 Å². The van der Waals surface area contributed by atoms with Crippen LogP contribution < -0.4 is 5.32 Å². The van der Waals surface area contributed by atoms with E-state index in [4.69, 9.17) is 0 Å². The predicted molar refractivity (Wildman–Crippen MR) is 91.4 cm³/mol. The van der Waals surface area contributed by atoms with Crippen molar-refractivity contribution < 1.29 is 4.39 Å². The highest BCUT2D eigenvalue weighted by Crippen LogP contribution is 2.19. The average Bonchev–Trinajstić information content (AvgIpc) is 3.18. The fourth-order valence-corrected chi connectivity index (χ4v) is 2.68. The van der Waals surface area contributed by atoms with Crippen molar-refractivity contribution in [3.63, 3.8) is 0 Å². The van der Waals surface area contributed by atoms with Gasteiger partial charge >= 0.3 is 0 Å². The van der Waals surface area contributed by atoms with Crippen LogP contribution in [0.1, 0.15) is 11.3 Å². The van der Waals surface area contributed by atoms with E-state index < -0.39 is 0 Å². The first kappa shape index (κ1) is 15.3. The first-order chi connectivity index (χ1) is 12.2. The van der Waals surface area contributed by atoms with Gasteiger partial charge in [-0.1, -0.05) is 11.3 Å². The Balaban J connectivity index is 1.46. The Labute approximate surface area is 143 Å². The molecule has 0 saturated heterocycles. The van der Waals surface area contributed by atoms with Crippen LogP contribution in [0.4, 0.5) is 10.3 Å². The largest absolute Gasteiger partial charge is 0.350 e. The predicted octanol–water partition coefficient (Wildman–Crippen LogP) is 2.36. The zero-order valence-electron chi connectivity index (χ0n) is 13.6. The summed E-state index contributed by atoms with van der Waals surface area (Å²) in [5, 5.41) is 11.5. The number of anilines is 1. The molecule has 3 aromatic heterocycles. The van der Waals surface area contributed by atoms with Crippen molar-refractivity contribution in [2.45, 2.75) is 13.1 Å². The average molecular weight is 337 g/mol. The quantitative estimate of drug-likeness (QED) is 0.605. The molecule has 0 aliphatic heterocycles. The van der Waals surface area contributed by atoms with Crippen molar-refractivity contribution >= 4 is 17.0 Å². The molecule has 3 heterocycles. The lowest BCUT2D eigenvalue weighted by Crippen LogP contribution is -2.05. The molecule has 126 valence electrons. The summed E-state index contributed by atoms with van der Waals surface area (Å²) >= 11 is 0. The van der Waals surface area contributed by atoms with Crippen LogP contribution >= 0.6 is 0 Å². The Morgan fingerprint density at radius 3 is 3.00 bits per heavy atom. The van der Waals surface area contributed by atoms with Gasteiger partial charge in [0.25, 0.3) is 0 Å². The van der Waals surface area contributed by atoms with Gasteiger partial charge in [0.2, 0.25) is 5.95 Å². The molecule has 0 radical (unpaired) electrons. The van der Waals surface area contributed by atoms with E-state index in [9.17, 15) is 4.39 Å². The summed E-state index contributed by atoms with van der Waals surface area (Å²) in [4.78, 5) is 8.50. The normalized spacial score (nSPS) is 11.1. The Bertz CT molecular complexity index is 1010. The molecule has 1 aromatic carbocycles. The van der Waals surface area contributed by atoms with Gasteiger partial charge in [-0.05, 0) is 23.8 Å². The van der Waals surface area contributed by atoms with Crippen molar-refractivity contribution in [3.05, 3.63) is 66.0 Å². The minimum Gasteiger partial charge on any atom is -0.350 e. The van der Waals surface area contributed by atoms with Crippen LogP contribution in [0, 0.1) is 5.82 Å². The molecule has 1 N–H and O–H groups in total. The van der Waals surface area contributed by atoms with Gasteiger partial charge in [0.1, 0.15) is 11.5 Å².